The predicted octanol–water partition coefficient (Wildman–Crippen LogP) is 2.13. The van der Waals surface area contributed by atoms with Gasteiger partial charge in [-0.15, -0.1) is 5.10 Å². The molecule has 11 nitrogen and oxygen atoms in total. The zero-order chi connectivity index (χ0) is 27.3. The van der Waals surface area contributed by atoms with E-state index in [0.29, 0.717) is 54.3 Å². The van der Waals surface area contributed by atoms with Crippen molar-refractivity contribution in [3.63, 3.8) is 0 Å². The molecule has 2 unspecified atom stereocenters. The second-order valence-corrected chi connectivity index (χ2v) is 10.2. The third kappa shape index (κ3) is 4.45. The number of hydrogen-bond acceptors (Lipinski definition) is 8. The van der Waals surface area contributed by atoms with Gasteiger partial charge in [0.1, 0.15) is 17.6 Å². The molecule has 3 aliphatic heterocycles. The van der Waals surface area contributed by atoms with E-state index in [1.165, 1.54) is 12.3 Å². The highest BCUT2D eigenvalue weighted by Crippen LogP contribution is 2.36. The van der Waals surface area contributed by atoms with E-state index < -0.39 is 35.6 Å². The molecule has 2 aromatic carbocycles. The van der Waals surface area contributed by atoms with E-state index in [9.17, 15) is 14.4 Å². The number of carbonyl (C=O) groups excluding carboxylic acids is 3. The van der Waals surface area contributed by atoms with E-state index in [4.69, 9.17) is 9.47 Å². The molecule has 39 heavy (non-hydrogen) atoms. The first-order valence-corrected chi connectivity index (χ1v) is 12.7. The standard InChI is InChI=1S/C27H27FN6O5/c1-27(2)38-15-22(39-27)26(37)33-11-9-32(10-12-33)21-8-7-16(13-19(21)28)23(20-14-29-31-30-20)34-24(35)17-5-3-4-6-18(17)25(34)36/h3-8,13-14,22-23H,9-12,15H2,1-2H3,(H,29,30,31). The smallest absolute Gasteiger partial charge is 0.262 e. The number of aromatic amines is 1. The van der Waals surface area contributed by atoms with Crippen molar-refractivity contribution >= 4 is 23.4 Å². The van der Waals surface area contributed by atoms with Crippen molar-refractivity contribution in [3.05, 3.63) is 76.9 Å². The van der Waals surface area contributed by atoms with Crippen LogP contribution in [0.25, 0.3) is 0 Å². The Kier molecular flexibility index (Phi) is 6.15. The highest BCUT2D eigenvalue weighted by molar-refractivity contribution is 6.21. The fraction of sp³-hybridized carbons (Fsp3) is 0.370. The third-order valence-electron chi connectivity index (χ3n) is 7.30. The third-order valence-corrected chi connectivity index (χ3v) is 7.30. The van der Waals surface area contributed by atoms with Crippen LogP contribution in [0.15, 0.2) is 48.7 Å². The van der Waals surface area contributed by atoms with E-state index in [-0.39, 0.29) is 12.5 Å². The lowest BCUT2D eigenvalue weighted by atomic mass is 10.0. The Balaban J connectivity index is 1.21. The maximum atomic E-state index is 15.6. The zero-order valence-electron chi connectivity index (χ0n) is 21.5. The van der Waals surface area contributed by atoms with Crippen LogP contribution in [0, 0.1) is 5.82 Å². The largest absolute Gasteiger partial charge is 0.366 e. The summed E-state index contributed by atoms with van der Waals surface area (Å²) in [5.74, 6) is -2.38. The Labute approximate surface area is 223 Å². The van der Waals surface area contributed by atoms with Gasteiger partial charge in [-0.05, 0) is 43.7 Å². The van der Waals surface area contributed by atoms with Crippen molar-refractivity contribution in [1.82, 2.24) is 25.2 Å². The number of hydrogen-bond donors (Lipinski definition) is 1. The first kappa shape index (κ1) is 25.1. The van der Waals surface area contributed by atoms with Crippen LogP contribution in [-0.4, -0.2) is 87.6 Å². The number of imide groups is 1. The summed E-state index contributed by atoms with van der Waals surface area (Å²) in [5, 5.41) is 10.4. The SMILES string of the molecule is CC1(C)OCC(C(=O)N2CCN(c3ccc(C(c4c[nH]nn4)N4C(=O)c5ccccc5C4=O)cc3F)CC2)O1. The quantitative estimate of drug-likeness (QED) is 0.495. The number of halogens is 1. The minimum absolute atomic E-state index is 0.132. The Hall–Kier alpha value is -4.16. The van der Waals surface area contributed by atoms with E-state index in [1.807, 2.05) is 4.90 Å². The van der Waals surface area contributed by atoms with Crippen LogP contribution in [0.2, 0.25) is 0 Å². The normalized spacial score (nSPS) is 21.4. The Morgan fingerprint density at radius 2 is 1.77 bits per heavy atom. The molecule has 0 radical (unpaired) electrons. The lowest BCUT2D eigenvalue weighted by Crippen LogP contribution is -2.52. The molecule has 202 valence electrons. The minimum Gasteiger partial charge on any atom is -0.366 e. The summed E-state index contributed by atoms with van der Waals surface area (Å²) in [6, 6.07) is 10.2. The molecule has 0 spiro atoms. The molecule has 0 saturated carbocycles. The van der Waals surface area contributed by atoms with E-state index in [0.717, 1.165) is 4.90 Å². The molecule has 4 heterocycles. The molecule has 6 rings (SSSR count). The van der Waals surface area contributed by atoms with Crippen LogP contribution in [-0.2, 0) is 14.3 Å². The summed E-state index contributed by atoms with van der Waals surface area (Å²) >= 11 is 0. The van der Waals surface area contributed by atoms with Gasteiger partial charge < -0.3 is 19.3 Å². The number of benzene rings is 2. The summed E-state index contributed by atoms with van der Waals surface area (Å²) in [5.41, 5.74) is 1.64. The summed E-state index contributed by atoms with van der Waals surface area (Å²) < 4.78 is 26.8. The van der Waals surface area contributed by atoms with Gasteiger partial charge in [0.25, 0.3) is 17.7 Å². The van der Waals surface area contributed by atoms with Gasteiger partial charge in [0, 0.05) is 32.4 Å². The molecule has 3 amide bonds. The molecule has 2 fully saturated rings. The van der Waals surface area contributed by atoms with Crippen molar-refractivity contribution in [3.8, 4) is 0 Å². The average Bonchev–Trinajstić information content (AvgIpc) is 3.65. The maximum Gasteiger partial charge on any atom is 0.262 e. The molecule has 1 aromatic heterocycles. The van der Waals surface area contributed by atoms with Gasteiger partial charge in [0.05, 0.1) is 23.4 Å². The molecule has 1 N–H and O–H groups in total. The monoisotopic (exact) mass is 534 g/mol. The number of H-pyrrole nitrogens is 1. The number of amides is 3. The number of nitrogens with one attached hydrogen (secondary N) is 1. The predicted molar refractivity (Wildman–Crippen MR) is 135 cm³/mol. The van der Waals surface area contributed by atoms with Gasteiger partial charge in [-0.3, -0.25) is 24.4 Å². The fourth-order valence-electron chi connectivity index (χ4n) is 5.37. The molecule has 2 atom stereocenters. The summed E-state index contributed by atoms with van der Waals surface area (Å²) in [6.45, 7) is 5.45. The number of piperazine rings is 1. The van der Waals surface area contributed by atoms with Gasteiger partial charge in [0.15, 0.2) is 11.9 Å². The van der Waals surface area contributed by atoms with Gasteiger partial charge in [-0.1, -0.05) is 23.4 Å². The number of fused-ring (bicyclic) bond motifs is 1. The molecular formula is C27H27FN6O5. The van der Waals surface area contributed by atoms with Crippen LogP contribution < -0.4 is 4.90 Å². The second-order valence-electron chi connectivity index (χ2n) is 10.2. The first-order chi connectivity index (χ1) is 18.7. The lowest BCUT2D eigenvalue weighted by molar-refractivity contribution is -0.160. The lowest BCUT2D eigenvalue weighted by Gasteiger charge is -2.37. The van der Waals surface area contributed by atoms with Gasteiger partial charge >= 0.3 is 0 Å². The first-order valence-electron chi connectivity index (χ1n) is 12.7. The van der Waals surface area contributed by atoms with Crippen molar-refractivity contribution < 1.29 is 28.2 Å². The van der Waals surface area contributed by atoms with Crippen molar-refractivity contribution in [2.24, 2.45) is 0 Å². The van der Waals surface area contributed by atoms with Gasteiger partial charge in [-0.25, -0.2) is 4.39 Å². The van der Waals surface area contributed by atoms with E-state index >= 15 is 4.39 Å². The molecule has 2 saturated heterocycles. The molecular weight excluding hydrogens is 507 g/mol. The maximum absolute atomic E-state index is 15.6. The number of aromatic nitrogens is 3. The van der Waals surface area contributed by atoms with Crippen molar-refractivity contribution in [1.29, 1.82) is 0 Å². The van der Waals surface area contributed by atoms with Crippen LogP contribution in [0.3, 0.4) is 0 Å². The van der Waals surface area contributed by atoms with Crippen molar-refractivity contribution in [2.75, 3.05) is 37.7 Å². The number of rotatable bonds is 5. The van der Waals surface area contributed by atoms with Crippen LogP contribution in [0.4, 0.5) is 10.1 Å². The minimum atomic E-state index is -0.966. The Morgan fingerprint density at radius 3 is 2.33 bits per heavy atom. The molecule has 0 bridgehead atoms. The summed E-state index contributed by atoms with van der Waals surface area (Å²) in [4.78, 5) is 44.0. The summed E-state index contributed by atoms with van der Waals surface area (Å²) in [6.07, 6.45) is 0.842. The average molecular weight is 535 g/mol. The Bertz CT molecular complexity index is 1400. The van der Waals surface area contributed by atoms with Crippen LogP contribution in [0.5, 0.6) is 0 Å². The summed E-state index contributed by atoms with van der Waals surface area (Å²) in [7, 11) is 0. The zero-order valence-corrected chi connectivity index (χ0v) is 21.5. The molecule has 3 aliphatic rings. The number of anilines is 1. The van der Waals surface area contributed by atoms with Gasteiger partial charge in [-0.2, -0.15) is 0 Å². The van der Waals surface area contributed by atoms with E-state index in [2.05, 4.69) is 15.4 Å². The number of ether oxygens (including phenoxy) is 2. The Morgan fingerprint density at radius 1 is 1.08 bits per heavy atom. The molecule has 12 heteroatoms. The topological polar surface area (TPSA) is 121 Å². The van der Waals surface area contributed by atoms with Crippen LogP contribution >= 0.6 is 0 Å². The molecule has 3 aromatic rings. The highest BCUT2D eigenvalue weighted by Gasteiger charge is 2.43. The number of carbonyl (C=O) groups is 3. The highest BCUT2D eigenvalue weighted by atomic mass is 19.1. The fourth-order valence-corrected chi connectivity index (χ4v) is 5.37. The number of nitrogens with zero attached hydrogens (tertiary/aromatic N) is 5. The second kappa shape index (κ2) is 9.54. The van der Waals surface area contributed by atoms with E-state index in [1.54, 1.807) is 55.1 Å². The van der Waals surface area contributed by atoms with Crippen LogP contribution in [0.1, 0.15) is 51.9 Å². The van der Waals surface area contributed by atoms with Gasteiger partial charge in [0.2, 0.25) is 0 Å². The molecule has 0 aliphatic carbocycles. The van der Waals surface area contributed by atoms with Crippen molar-refractivity contribution in [2.45, 2.75) is 31.8 Å².